The number of nitrogens with two attached hydrogens (primary N) is 1. The van der Waals surface area contributed by atoms with Crippen molar-refractivity contribution < 1.29 is 19.8 Å². The maximum atomic E-state index is 11.7. The average Bonchev–Trinajstić information content (AvgIpc) is 2.53. The predicted octanol–water partition coefficient (Wildman–Crippen LogP) is 2.02. The Morgan fingerprint density at radius 3 is 2.62 bits per heavy atom. The van der Waals surface area contributed by atoms with Gasteiger partial charge in [0.15, 0.2) is 0 Å². The molecule has 2 heterocycles. The number of rotatable bonds is 4. The summed E-state index contributed by atoms with van der Waals surface area (Å²) in [4.78, 5) is 28.6. The number of nitrogens with zero attached hydrogens (tertiary/aromatic N) is 2. The van der Waals surface area contributed by atoms with Gasteiger partial charge in [-0.05, 0) is 17.9 Å². The lowest BCUT2D eigenvalue weighted by Crippen LogP contribution is -2.60. The summed E-state index contributed by atoms with van der Waals surface area (Å²) in [6, 6.07) is 0.855. The zero-order valence-electron chi connectivity index (χ0n) is 15.1. The van der Waals surface area contributed by atoms with Crippen molar-refractivity contribution in [3.8, 4) is 0 Å². The molecule has 1 aromatic rings. The number of pyridine rings is 1. The van der Waals surface area contributed by atoms with E-state index in [1.54, 1.807) is 0 Å². The van der Waals surface area contributed by atoms with E-state index in [9.17, 15) is 19.8 Å². The van der Waals surface area contributed by atoms with E-state index in [1.165, 1.54) is 17.2 Å². The van der Waals surface area contributed by atoms with E-state index in [2.05, 4.69) is 10.3 Å². The van der Waals surface area contributed by atoms with Crippen LogP contribution in [0.25, 0.3) is 0 Å². The number of primary amides is 1. The number of likely N-dealkylation sites (tertiary alicyclic amines) is 1. The smallest absolute Gasteiger partial charge is 0.407 e. The number of piperidine rings is 1. The van der Waals surface area contributed by atoms with Gasteiger partial charge in [-0.1, -0.05) is 32.4 Å². The highest BCUT2D eigenvalue weighted by Crippen LogP contribution is 2.37. The number of aliphatic hydroxyl groups excluding tert-OH is 1. The molecule has 144 valence electrons. The Bertz CT molecular complexity index is 692. The first-order chi connectivity index (χ1) is 12.1. The van der Waals surface area contributed by atoms with Gasteiger partial charge >= 0.3 is 6.09 Å². The van der Waals surface area contributed by atoms with Crippen molar-refractivity contribution >= 4 is 29.3 Å². The third-order valence-corrected chi connectivity index (χ3v) is 4.97. The van der Waals surface area contributed by atoms with Crippen LogP contribution < -0.4 is 11.1 Å². The summed E-state index contributed by atoms with van der Waals surface area (Å²) >= 11 is 5.94. The number of anilines is 1. The van der Waals surface area contributed by atoms with E-state index >= 15 is 0 Å². The summed E-state index contributed by atoms with van der Waals surface area (Å²) in [6.45, 7) is 5.94. The monoisotopic (exact) mass is 384 g/mol. The molecule has 3 atom stereocenters. The van der Waals surface area contributed by atoms with Gasteiger partial charge < -0.3 is 26.2 Å². The second-order valence-corrected chi connectivity index (χ2v) is 7.98. The largest absolute Gasteiger partial charge is 0.465 e. The lowest BCUT2D eigenvalue weighted by atomic mass is 9.72. The SMILES string of the molecule is CC(C)(C)C1[C@@H](CO)[C@H](Nc2cc(Cl)ncc2C(N)=O)CCN1C(=O)O. The van der Waals surface area contributed by atoms with E-state index in [-0.39, 0.29) is 34.7 Å². The topological polar surface area (TPSA) is 129 Å². The summed E-state index contributed by atoms with van der Waals surface area (Å²) in [5.74, 6) is -1.01. The fraction of sp³-hybridized carbons (Fsp3) is 0.588. The highest BCUT2D eigenvalue weighted by Gasteiger charge is 2.45. The Labute approximate surface area is 157 Å². The molecule has 0 radical (unpaired) electrons. The van der Waals surface area contributed by atoms with Gasteiger partial charge in [0, 0.05) is 37.4 Å². The normalized spacial score (nSPS) is 23.6. The molecule has 1 aromatic heterocycles. The minimum absolute atomic E-state index is 0.194. The van der Waals surface area contributed by atoms with Crippen LogP contribution in [-0.4, -0.2) is 57.3 Å². The van der Waals surface area contributed by atoms with Gasteiger partial charge in [0.25, 0.3) is 5.91 Å². The molecule has 5 N–H and O–H groups in total. The van der Waals surface area contributed by atoms with Gasteiger partial charge in [0.1, 0.15) is 5.15 Å². The molecule has 9 heteroatoms. The van der Waals surface area contributed by atoms with Gasteiger partial charge in [0.05, 0.1) is 11.3 Å². The lowest BCUT2D eigenvalue weighted by Gasteiger charge is -2.49. The van der Waals surface area contributed by atoms with E-state index < -0.39 is 18.0 Å². The number of aliphatic hydroxyl groups is 1. The third kappa shape index (κ3) is 4.19. The Morgan fingerprint density at radius 1 is 1.46 bits per heavy atom. The molecule has 1 saturated heterocycles. The second kappa shape index (κ2) is 7.67. The number of halogens is 1. The molecule has 1 fully saturated rings. The van der Waals surface area contributed by atoms with Crippen LogP contribution in [0.2, 0.25) is 5.15 Å². The minimum Gasteiger partial charge on any atom is -0.465 e. The Kier molecular flexibility index (Phi) is 5.98. The van der Waals surface area contributed by atoms with E-state index in [4.69, 9.17) is 17.3 Å². The van der Waals surface area contributed by atoms with Crippen LogP contribution in [0, 0.1) is 11.3 Å². The summed E-state index contributed by atoms with van der Waals surface area (Å²) in [7, 11) is 0. The summed E-state index contributed by atoms with van der Waals surface area (Å²) in [5.41, 5.74) is 5.64. The summed E-state index contributed by atoms with van der Waals surface area (Å²) < 4.78 is 0. The maximum absolute atomic E-state index is 11.7. The third-order valence-electron chi connectivity index (χ3n) is 4.76. The first-order valence-corrected chi connectivity index (χ1v) is 8.76. The summed E-state index contributed by atoms with van der Waals surface area (Å²) in [5, 5.41) is 23.0. The van der Waals surface area contributed by atoms with Gasteiger partial charge in [0.2, 0.25) is 0 Å². The second-order valence-electron chi connectivity index (χ2n) is 7.59. The van der Waals surface area contributed by atoms with Gasteiger partial charge in [-0.3, -0.25) is 4.79 Å². The minimum atomic E-state index is -1.01. The molecule has 0 bridgehead atoms. The highest BCUT2D eigenvalue weighted by atomic mass is 35.5. The molecule has 0 aromatic carbocycles. The number of carbonyl (C=O) groups is 2. The van der Waals surface area contributed by atoms with Gasteiger partial charge in [-0.25, -0.2) is 9.78 Å². The molecular formula is C17H25ClN4O4. The molecule has 0 spiro atoms. The molecule has 1 aliphatic rings. The van der Waals surface area contributed by atoms with E-state index in [0.717, 1.165) is 0 Å². The van der Waals surface area contributed by atoms with Crippen LogP contribution >= 0.6 is 11.6 Å². The highest BCUT2D eigenvalue weighted by molar-refractivity contribution is 6.29. The van der Waals surface area contributed by atoms with Crippen molar-refractivity contribution in [2.24, 2.45) is 17.1 Å². The Balaban J connectivity index is 2.37. The van der Waals surface area contributed by atoms with Crippen molar-refractivity contribution in [2.45, 2.75) is 39.3 Å². The zero-order chi connectivity index (χ0) is 19.6. The van der Waals surface area contributed by atoms with Crippen molar-refractivity contribution in [3.63, 3.8) is 0 Å². The summed E-state index contributed by atoms with van der Waals surface area (Å²) in [6.07, 6.45) is 0.767. The van der Waals surface area contributed by atoms with E-state index in [1.807, 2.05) is 20.8 Å². The number of carboxylic acid groups (broad SMARTS) is 1. The first kappa shape index (κ1) is 20.3. The number of amides is 2. The number of nitrogens with one attached hydrogen (secondary N) is 1. The maximum Gasteiger partial charge on any atom is 0.407 e. The quantitative estimate of drug-likeness (QED) is 0.588. The molecular weight excluding hydrogens is 360 g/mol. The fourth-order valence-electron chi connectivity index (χ4n) is 3.76. The van der Waals surface area contributed by atoms with Crippen LogP contribution in [0.3, 0.4) is 0 Å². The van der Waals surface area contributed by atoms with Crippen LogP contribution in [-0.2, 0) is 0 Å². The van der Waals surface area contributed by atoms with Gasteiger partial charge in [-0.15, -0.1) is 0 Å². The molecule has 1 aliphatic heterocycles. The molecule has 26 heavy (non-hydrogen) atoms. The number of hydrogen-bond acceptors (Lipinski definition) is 5. The van der Waals surface area contributed by atoms with Crippen molar-refractivity contribution in [1.29, 1.82) is 0 Å². The van der Waals surface area contributed by atoms with Crippen molar-refractivity contribution in [2.75, 3.05) is 18.5 Å². The molecule has 0 aliphatic carbocycles. The van der Waals surface area contributed by atoms with Crippen LogP contribution in [0.5, 0.6) is 0 Å². The molecule has 2 rings (SSSR count). The fourth-order valence-corrected chi connectivity index (χ4v) is 3.92. The number of hydrogen-bond donors (Lipinski definition) is 4. The van der Waals surface area contributed by atoms with Crippen molar-refractivity contribution in [3.05, 3.63) is 23.0 Å². The zero-order valence-corrected chi connectivity index (χ0v) is 15.8. The van der Waals surface area contributed by atoms with E-state index in [0.29, 0.717) is 18.7 Å². The van der Waals surface area contributed by atoms with Crippen molar-refractivity contribution in [1.82, 2.24) is 9.88 Å². The average molecular weight is 385 g/mol. The number of aromatic nitrogens is 1. The lowest BCUT2D eigenvalue weighted by molar-refractivity contribution is -0.00319. The Morgan fingerprint density at radius 2 is 2.12 bits per heavy atom. The van der Waals surface area contributed by atoms with Crippen LogP contribution in [0.4, 0.5) is 10.5 Å². The van der Waals surface area contributed by atoms with Gasteiger partial charge in [-0.2, -0.15) is 0 Å². The first-order valence-electron chi connectivity index (χ1n) is 8.38. The predicted molar refractivity (Wildman–Crippen MR) is 98.3 cm³/mol. The standard InChI is InChI=1S/C17H25ClN4O4/c1-17(2,3)14-10(8-23)11(4-5-22(14)16(25)26)21-12-6-13(18)20-7-9(12)15(19)24/h6-7,10-11,14,23H,4-5,8H2,1-3H3,(H2,19,24)(H,20,21)(H,25,26)/t10-,11+,14?/m0/s1. The Hall–Kier alpha value is -2.06. The molecule has 0 saturated carbocycles. The van der Waals surface area contributed by atoms with Crippen LogP contribution in [0.15, 0.2) is 12.3 Å². The molecule has 2 amide bonds. The van der Waals surface area contributed by atoms with Crippen LogP contribution in [0.1, 0.15) is 37.6 Å². The molecule has 8 nitrogen and oxygen atoms in total. The molecule has 1 unspecified atom stereocenters. The number of carbonyl (C=O) groups excluding carboxylic acids is 1.